The molecule has 0 spiro atoms. The largest absolute Gasteiger partial charge is 0.378 e. The smallest absolute Gasteiger partial charge is 0.249 e. The second-order valence-electron chi connectivity index (χ2n) is 4.25. The lowest BCUT2D eigenvalue weighted by Gasteiger charge is -2.14. The zero-order chi connectivity index (χ0) is 12.4. The Morgan fingerprint density at radius 2 is 1.88 bits per heavy atom. The van der Waals surface area contributed by atoms with Gasteiger partial charge in [-0.2, -0.15) is 0 Å². The number of anilines is 2. The molecule has 1 saturated heterocycles. The standard InChI is InChI=1S/C12H15N3O2/c1-15(2)9-5-3-8(4-6-9)13-10-7-11(16)14-12(10)17/h3-6,10,13H,7H2,1-2H3,(H,14,16,17)/t10-/m1/s1. The average Bonchev–Trinajstić information content (AvgIpc) is 2.58. The summed E-state index contributed by atoms with van der Waals surface area (Å²) in [6.07, 6.45) is 0.203. The van der Waals surface area contributed by atoms with Crippen LogP contribution in [0.15, 0.2) is 24.3 Å². The van der Waals surface area contributed by atoms with Crippen LogP contribution in [0.1, 0.15) is 6.42 Å². The minimum Gasteiger partial charge on any atom is -0.378 e. The van der Waals surface area contributed by atoms with Crippen molar-refractivity contribution < 1.29 is 9.59 Å². The summed E-state index contributed by atoms with van der Waals surface area (Å²) in [7, 11) is 3.93. The minimum atomic E-state index is -0.451. The molecule has 2 amide bonds. The number of amides is 2. The zero-order valence-corrected chi connectivity index (χ0v) is 9.86. The van der Waals surface area contributed by atoms with Crippen LogP contribution >= 0.6 is 0 Å². The quantitative estimate of drug-likeness (QED) is 0.750. The average molecular weight is 233 g/mol. The topological polar surface area (TPSA) is 61.4 Å². The van der Waals surface area contributed by atoms with E-state index >= 15 is 0 Å². The molecule has 1 atom stereocenters. The summed E-state index contributed by atoms with van der Waals surface area (Å²) in [6, 6.07) is 7.25. The molecule has 0 aromatic heterocycles. The molecule has 0 saturated carbocycles. The van der Waals surface area contributed by atoms with Crippen LogP contribution in [0.25, 0.3) is 0 Å². The summed E-state index contributed by atoms with van der Waals surface area (Å²) in [4.78, 5) is 24.4. The van der Waals surface area contributed by atoms with Crippen LogP contribution in [-0.4, -0.2) is 32.0 Å². The van der Waals surface area contributed by atoms with E-state index < -0.39 is 6.04 Å². The SMILES string of the molecule is CN(C)c1ccc(N[C@@H]2CC(=O)NC2=O)cc1. The van der Waals surface area contributed by atoms with Crippen molar-refractivity contribution in [3.8, 4) is 0 Å². The van der Waals surface area contributed by atoms with E-state index in [9.17, 15) is 9.59 Å². The van der Waals surface area contributed by atoms with Gasteiger partial charge in [0.1, 0.15) is 6.04 Å². The molecular weight excluding hydrogens is 218 g/mol. The van der Waals surface area contributed by atoms with Gasteiger partial charge in [0, 0.05) is 25.5 Å². The molecule has 0 bridgehead atoms. The van der Waals surface area contributed by atoms with Crippen LogP contribution in [0.3, 0.4) is 0 Å². The van der Waals surface area contributed by atoms with Crippen molar-refractivity contribution in [1.29, 1.82) is 0 Å². The van der Waals surface area contributed by atoms with Crippen LogP contribution in [0, 0.1) is 0 Å². The minimum absolute atomic E-state index is 0.203. The molecule has 1 aliphatic heterocycles. The third-order valence-electron chi connectivity index (χ3n) is 2.69. The molecule has 1 aromatic rings. The number of rotatable bonds is 3. The second-order valence-corrected chi connectivity index (χ2v) is 4.25. The maximum atomic E-state index is 11.4. The van der Waals surface area contributed by atoms with Gasteiger partial charge < -0.3 is 10.2 Å². The van der Waals surface area contributed by atoms with Gasteiger partial charge in [0.2, 0.25) is 11.8 Å². The molecule has 90 valence electrons. The van der Waals surface area contributed by atoms with E-state index in [2.05, 4.69) is 10.6 Å². The van der Waals surface area contributed by atoms with E-state index in [1.165, 1.54) is 0 Å². The predicted molar refractivity (Wildman–Crippen MR) is 65.9 cm³/mol. The van der Waals surface area contributed by atoms with Crippen molar-refractivity contribution in [2.45, 2.75) is 12.5 Å². The molecule has 0 unspecified atom stereocenters. The third kappa shape index (κ3) is 2.55. The number of imide groups is 1. The first-order valence-electron chi connectivity index (χ1n) is 5.44. The van der Waals surface area contributed by atoms with Crippen LogP contribution in [-0.2, 0) is 9.59 Å². The Balaban J connectivity index is 2.04. The molecule has 17 heavy (non-hydrogen) atoms. The van der Waals surface area contributed by atoms with Crippen molar-refractivity contribution in [2.75, 3.05) is 24.3 Å². The van der Waals surface area contributed by atoms with Crippen molar-refractivity contribution >= 4 is 23.2 Å². The summed E-state index contributed by atoms with van der Waals surface area (Å²) < 4.78 is 0. The van der Waals surface area contributed by atoms with Gasteiger partial charge in [-0.1, -0.05) is 0 Å². The molecule has 1 aromatic carbocycles. The maximum Gasteiger partial charge on any atom is 0.249 e. The number of nitrogens with one attached hydrogen (secondary N) is 2. The number of carbonyl (C=O) groups is 2. The monoisotopic (exact) mass is 233 g/mol. The number of hydrogen-bond donors (Lipinski definition) is 2. The maximum absolute atomic E-state index is 11.4. The Hall–Kier alpha value is -2.04. The highest BCUT2D eigenvalue weighted by molar-refractivity contribution is 6.06. The molecule has 1 heterocycles. The predicted octanol–water partition coefficient (Wildman–Crippen LogP) is 0.580. The summed E-state index contributed by atoms with van der Waals surface area (Å²) in [5.41, 5.74) is 1.92. The van der Waals surface area contributed by atoms with Crippen molar-refractivity contribution in [3.63, 3.8) is 0 Å². The highest BCUT2D eigenvalue weighted by Gasteiger charge is 2.30. The fourth-order valence-corrected chi connectivity index (χ4v) is 1.73. The van der Waals surface area contributed by atoms with Gasteiger partial charge in [-0.3, -0.25) is 14.9 Å². The number of hydrogen-bond acceptors (Lipinski definition) is 4. The molecule has 1 aliphatic rings. The van der Waals surface area contributed by atoms with Gasteiger partial charge in [-0.05, 0) is 24.3 Å². The Bertz CT molecular complexity index is 440. The Labute approximate surface area is 99.8 Å². The van der Waals surface area contributed by atoms with Crippen molar-refractivity contribution in [2.24, 2.45) is 0 Å². The van der Waals surface area contributed by atoms with E-state index in [0.717, 1.165) is 11.4 Å². The number of carbonyl (C=O) groups excluding carboxylic acids is 2. The Morgan fingerprint density at radius 1 is 1.24 bits per heavy atom. The summed E-state index contributed by atoms with van der Waals surface area (Å²) >= 11 is 0. The van der Waals surface area contributed by atoms with Crippen LogP contribution in [0.5, 0.6) is 0 Å². The highest BCUT2D eigenvalue weighted by atomic mass is 16.2. The van der Waals surface area contributed by atoms with Gasteiger partial charge >= 0.3 is 0 Å². The van der Waals surface area contributed by atoms with Gasteiger partial charge in [0.05, 0.1) is 6.42 Å². The van der Waals surface area contributed by atoms with Crippen molar-refractivity contribution in [3.05, 3.63) is 24.3 Å². The second kappa shape index (κ2) is 4.45. The molecule has 1 fully saturated rings. The molecule has 2 N–H and O–H groups in total. The first-order chi connectivity index (χ1) is 8.06. The lowest BCUT2D eigenvalue weighted by Crippen LogP contribution is -2.29. The molecule has 2 rings (SSSR count). The molecular formula is C12H15N3O2. The van der Waals surface area contributed by atoms with Crippen LogP contribution < -0.4 is 15.5 Å². The van der Waals surface area contributed by atoms with Crippen LogP contribution in [0.4, 0.5) is 11.4 Å². The summed E-state index contributed by atoms with van der Waals surface area (Å²) in [6.45, 7) is 0. The van der Waals surface area contributed by atoms with Crippen LogP contribution in [0.2, 0.25) is 0 Å². The summed E-state index contributed by atoms with van der Waals surface area (Å²) in [5.74, 6) is -0.482. The van der Waals surface area contributed by atoms with E-state index in [4.69, 9.17) is 0 Å². The lowest BCUT2D eigenvalue weighted by molar-refractivity contribution is -0.124. The lowest BCUT2D eigenvalue weighted by atomic mass is 10.2. The number of benzene rings is 1. The van der Waals surface area contributed by atoms with E-state index in [1.54, 1.807) is 0 Å². The van der Waals surface area contributed by atoms with Gasteiger partial charge in [-0.15, -0.1) is 0 Å². The fourth-order valence-electron chi connectivity index (χ4n) is 1.73. The highest BCUT2D eigenvalue weighted by Crippen LogP contribution is 2.17. The first kappa shape index (κ1) is 11.4. The molecule has 0 radical (unpaired) electrons. The molecule has 0 aliphatic carbocycles. The first-order valence-corrected chi connectivity index (χ1v) is 5.44. The fraction of sp³-hybridized carbons (Fsp3) is 0.333. The van der Waals surface area contributed by atoms with Gasteiger partial charge in [-0.25, -0.2) is 0 Å². The summed E-state index contributed by atoms with van der Waals surface area (Å²) in [5, 5.41) is 5.30. The van der Waals surface area contributed by atoms with Gasteiger partial charge in [0.15, 0.2) is 0 Å². The van der Waals surface area contributed by atoms with Crippen molar-refractivity contribution in [1.82, 2.24) is 5.32 Å². The van der Waals surface area contributed by atoms with E-state index in [1.807, 2.05) is 43.3 Å². The number of nitrogens with zero attached hydrogens (tertiary/aromatic N) is 1. The van der Waals surface area contributed by atoms with Gasteiger partial charge in [0.25, 0.3) is 0 Å². The molecule has 5 nitrogen and oxygen atoms in total. The molecule has 5 heteroatoms. The van der Waals surface area contributed by atoms with E-state index in [0.29, 0.717) is 0 Å². The van der Waals surface area contributed by atoms with E-state index in [-0.39, 0.29) is 18.2 Å². The normalized spacial score (nSPS) is 19.1. The zero-order valence-electron chi connectivity index (χ0n) is 9.86. The Morgan fingerprint density at radius 3 is 2.35 bits per heavy atom. The Kier molecular flexibility index (Phi) is 2.99. The third-order valence-corrected chi connectivity index (χ3v) is 2.69.